The van der Waals surface area contributed by atoms with E-state index in [0.29, 0.717) is 27.0 Å². The summed E-state index contributed by atoms with van der Waals surface area (Å²) in [6.07, 6.45) is 3.67. The van der Waals surface area contributed by atoms with E-state index < -0.39 is 42.5 Å². The molecule has 1 saturated heterocycles. The van der Waals surface area contributed by atoms with Crippen LogP contribution in [-0.4, -0.2) is 76.3 Å². The molecule has 0 unspecified atom stereocenters. The lowest BCUT2D eigenvalue weighted by molar-refractivity contribution is -0.342. The number of ether oxygens (including phenoxy) is 3. The van der Waals surface area contributed by atoms with E-state index in [4.69, 9.17) is 9.47 Å². The lowest BCUT2D eigenvalue weighted by Gasteiger charge is -2.24. The molecule has 12 nitrogen and oxygen atoms in total. The molecule has 0 bridgehead atoms. The minimum atomic E-state index is -1.19. The lowest BCUT2D eigenvalue weighted by atomic mass is 10.4. The highest BCUT2D eigenvalue weighted by atomic mass is 16.5. The maximum atomic E-state index is 12.5. The van der Waals surface area contributed by atoms with E-state index in [1.54, 1.807) is 6.92 Å². The second-order valence-electron chi connectivity index (χ2n) is 5.54. The molecule has 1 aliphatic heterocycles. The molecule has 162 valence electrons. The molecule has 30 heavy (non-hydrogen) atoms. The largest absolute Gasteiger partial charge is 0.460 e. The molecule has 0 spiro atoms. The molecular weight excluding hydrogens is 402 g/mol. The number of imide groups is 3. The van der Waals surface area contributed by atoms with Crippen LogP contribution in [0.5, 0.6) is 0 Å². The topological polar surface area (TPSA) is 140 Å². The Morgan fingerprint density at radius 1 is 1.03 bits per heavy atom. The summed E-state index contributed by atoms with van der Waals surface area (Å²) in [5.41, 5.74) is 0. The fraction of sp³-hybridized carbons (Fsp3) is 0.389. The lowest BCUT2D eigenvalue weighted by Crippen LogP contribution is -2.59. The third kappa shape index (κ3) is 6.65. The summed E-state index contributed by atoms with van der Waals surface area (Å²) >= 11 is 0. The quantitative estimate of drug-likeness (QED) is 0.166. The van der Waals surface area contributed by atoms with Gasteiger partial charge in [-0.25, -0.2) is 24.0 Å². The first-order valence-electron chi connectivity index (χ1n) is 8.91. The monoisotopic (exact) mass is 424 g/mol. The van der Waals surface area contributed by atoms with E-state index in [0.717, 1.165) is 18.5 Å². The van der Waals surface area contributed by atoms with Crippen LogP contribution in [0.25, 0.3) is 0 Å². The van der Waals surface area contributed by atoms with E-state index in [-0.39, 0.29) is 19.6 Å². The van der Waals surface area contributed by atoms with Crippen LogP contribution < -0.4 is 0 Å². The number of carbonyl (C=O) groups excluding carboxylic acids is 6. The van der Waals surface area contributed by atoms with Crippen LogP contribution in [0, 0.1) is 0 Å². The van der Waals surface area contributed by atoms with Crippen LogP contribution in [-0.2, 0) is 28.6 Å². The van der Waals surface area contributed by atoms with E-state index in [1.807, 2.05) is 0 Å². The zero-order valence-electron chi connectivity index (χ0n) is 16.6. The van der Waals surface area contributed by atoms with Crippen LogP contribution in [0.2, 0.25) is 0 Å². The molecular formula is C18H22N3O9+. The average Bonchev–Trinajstić information content (AvgIpc) is 2.73. The predicted molar refractivity (Wildman–Crippen MR) is 99.0 cm³/mol. The van der Waals surface area contributed by atoms with Gasteiger partial charge < -0.3 is 14.2 Å². The molecule has 0 radical (unpaired) electrons. The number of hydrogen-bond donors (Lipinski definition) is 0. The van der Waals surface area contributed by atoms with Crippen molar-refractivity contribution in [2.45, 2.75) is 26.7 Å². The molecule has 1 fully saturated rings. The molecule has 1 aliphatic rings. The zero-order chi connectivity index (χ0) is 22.7. The summed E-state index contributed by atoms with van der Waals surface area (Å²) < 4.78 is 14.6. The van der Waals surface area contributed by atoms with Gasteiger partial charge in [-0.05, 0) is 6.42 Å². The highest BCUT2D eigenvalue weighted by Gasteiger charge is 2.49. The van der Waals surface area contributed by atoms with Crippen molar-refractivity contribution in [3.8, 4) is 0 Å². The first-order chi connectivity index (χ1) is 14.3. The number of esters is 3. The Kier molecular flexibility index (Phi) is 9.59. The van der Waals surface area contributed by atoms with Crippen molar-refractivity contribution in [1.29, 1.82) is 0 Å². The highest BCUT2D eigenvalue weighted by Crippen LogP contribution is 2.13. The van der Waals surface area contributed by atoms with E-state index in [9.17, 15) is 28.8 Å². The number of carbonyl (C=O) groups is 6. The molecule has 0 aromatic carbocycles. The van der Waals surface area contributed by atoms with Crippen molar-refractivity contribution in [3.63, 3.8) is 0 Å². The van der Waals surface area contributed by atoms with Crippen molar-refractivity contribution in [3.05, 3.63) is 25.1 Å². The molecule has 0 aromatic heterocycles. The average molecular weight is 424 g/mol. The predicted octanol–water partition coefficient (Wildman–Crippen LogP) is 1.15. The van der Waals surface area contributed by atoms with Gasteiger partial charge in [-0.3, -0.25) is 4.79 Å². The first-order valence-corrected chi connectivity index (χ1v) is 8.91. The number of rotatable bonds is 10. The van der Waals surface area contributed by atoms with Crippen LogP contribution >= 0.6 is 0 Å². The van der Waals surface area contributed by atoms with Gasteiger partial charge >= 0.3 is 36.0 Å². The van der Waals surface area contributed by atoms with E-state index >= 15 is 0 Å². The summed E-state index contributed by atoms with van der Waals surface area (Å²) in [4.78, 5) is 72.8. The van der Waals surface area contributed by atoms with Gasteiger partial charge in [-0.15, -0.1) is 9.48 Å². The fourth-order valence-corrected chi connectivity index (χ4v) is 1.94. The Labute approximate surface area is 171 Å². The molecule has 0 aromatic rings. The standard InChI is InChI=1S/C18H22N3O9/c1-4-9-28-15(24)12-21-17(26)19(7-10-29-13(22)5-2)16(25)20(18(21)27)8-11-30-14(23)6-3/h5,8,11-12H,2,4,6-7,9-10H2,1,3H3/q+1/b11-8-,21-12+. The first kappa shape index (κ1) is 24.2. The Morgan fingerprint density at radius 2 is 1.70 bits per heavy atom. The minimum Gasteiger partial charge on any atom is -0.460 e. The van der Waals surface area contributed by atoms with E-state index in [2.05, 4.69) is 11.3 Å². The SMILES string of the molecule is C=CC(=O)OCCN1C(=O)N(/C=C\OC(=O)CC)C(=O)/[N+](=C/C(=O)OCCC)C1=O. The van der Waals surface area contributed by atoms with Crippen LogP contribution in [0.4, 0.5) is 14.4 Å². The summed E-state index contributed by atoms with van der Waals surface area (Å²) in [5.74, 6) is -2.39. The smallest absolute Gasteiger partial charge is 0.460 e. The van der Waals surface area contributed by atoms with Gasteiger partial charge in [0.05, 0.1) is 6.61 Å². The number of hydrogen-bond acceptors (Lipinski definition) is 9. The van der Waals surface area contributed by atoms with Crippen LogP contribution in [0.1, 0.15) is 26.7 Å². The third-order valence-corrected chi connectivity index (χ3v) is 3.39. The van der Waals surface area contributed by atoms with Gasteiger partial charge in [0, 0.05) is 12.5 Å². The van der Waals surface area contributed by atoms with Gasteiger partial charge in [-0.2, -0.15) is 4.90 Å². The summed E-state index contributed by atoms with van der Waals surface area (Å²) in [6.45, 7) is 5.76. The second-order valence-corrected chi connectivity index (χ2v) is 5.54. The van der Waals surface area contributed by atoms with Gasteiger partial charge in [0.1, 0.15) is 25.6 Å². The number of nitrogens with zero attached hydrogens (tertiary/aromatic N) is 3. The minimum absolute atomic E-state index is 0.0503. The molecule has 0 atom stereocenters. The maximum absolute atomic E-state index is 12.5. The second kappa shape index (κ2) is 11.9. The maximum Gasteiger partial charge on any atom is 0.460 e. The van der Waals surface area contributed by atoms with Gasteiger partial charge in [0.15, 0.2) is 6.21 Å². The fourth-order valence-electron chi connectivity index (χ4n) is 1.94. The number of urea groups is 3. The molecule has 1 rings (SSSR count). The summed E-state index contributed by atoms with van der Waals surface area (Å²) in [7, 11) is 0. The van der Waals surface area contributed by atoms with Gasteiger partial charge in [-0.1, -0.05) is 20.4 Å². The van der Waals surface area contributed by atoms with Crippen LogP contribution in [0.15, 0.2) is 25.1 Å². The highest BCUT2D eigenvalue weighted by molar-refractivity contribution is 6.24. The van der Waals surface area contributed by atoms with Gasteiger partial charge in [0.25, 0.3) is 0 Å². The van der Waals surface area contributed by atoms with Crippen LogP contribution in [0.3, 0.4) is 0 Å². The Bertz CT molecular complexity index is 801. The van der Waals surface area contributed by atoms with Crippen molar-refractivity contribution >= 4 is 42.2 Å². The van der Waals surface area contributed by atoms with Crippen molar-refractivity contribution in [2.24, 2.45) is 0 Å². The van der Waals surface area contributed by atoms with Crippen molar-refractivity contribution < 1.29 is 47.6 Å². The molecule has 12 heteroatoms. The Hall–Kier alpha value is -3.83. The summed E-state index contributed by atoms with van der Waals surface area (Å²) in [5, 5.41) is 0. The molecule has 1 heterocycles. The molecule has 6 amide bonds. The zero-order valence-corrected chi connectivity index (χ0v) is 16.6. The van der Waals surface area contributed by atoms with Crippen molar-refractivity contribution in [2.75, 3.05) is 19.8 Å². The van der Waals surface area contributed by atoms with E-state index in [1.165, 1.54) is 6.92 Å². The molecule has 0 N–H and O–H groups in total. The Balaban J connectivity index is 3.14. The van der Waals surface area contributed by atoms with Gasteiger partial charge in [0.2, 0.25) is 0 Å². The summed E-state index contributed by atoms with van der Waals surface area (Å²) in [6, 6.07) is -3.44. The Morgan fingerprint density at radius 3 is 2.30 bits per heavy atom. The normalized spacial score (nSPS) is 15.5. The molecule has 0 saturated carbocycles. The third-order valence-electron chi connectivity index (χ3n) is 3.39. The number of amides is 6. The van der Waals surface area contributed by atoms with Crippen molar-refractivity contribution in [1.82, 2.24) is 9.80 Å². The molecule has 0 aliphatic carbocycles.